The monoisotopic (exact) mass is 312 g/mol. The predicted octanol–water partition coefficient (Wildman–Crippen LogP) is 2.40. The Balaban J connectivity index is 2.45. The van der Waals surface area contributed by atoms with Crippen LogP contribution in [0.3, 0.4) is 0 Å². The topological polar surface area (TPSA) is 81.4 Å². The number of ether oxygens (including phenoxy) is 1. The molecule has 3 N–H and O–H groups in total. The highest BCUT2D eigenvalue weighted by Gasteiger charge is 2.10. The van der Waals surface area contributed by atoms with Crippen LogP contribution in [0.15, 0.2) is 18.2 Å². The van der Waals surface area contributed by atoms with Gasteiger partial charge in [-0.25, -0.2) is 0 Å². The fraction of sp³-hybridized carbons (Fsp3) is 0.533. The summed E-state index contributed by atoms with van der Waals surface area (Å²) in [6.45, 7) is 4.14. The van der Waals surface area contributed by atoms with E-state index in [1.807, 2.05) is 0 Å². The Bertz CT molecular complexity index is 506. The number of amides is 1. The smallest absolute Gasteiger partial charge is 0.225 e. The van der Waals surface area contributed by atoms with Gasteiger partial charge in [-0.05, 0) is 18.1 Å². The maximum Gasteiger partial charge on any atom is 0.225 e. The SMILES string of the molecule is CCC(C)CS(=O)CCC(=O)Nc1ccc(OC)cc1N. The summed E-state index contributed by atoms with van der Waals surface area (Å²) in [6.07, 6.45) is 1.23. The van der Waals surface area contributed by atoms with Crippen LogP contribution in [0, 0.1) is 5.92 Å². The number of benzene rings is 1. The van der Waals surface area contributed by atoms with E-state index in [0.29, 0.717) is 34.5 Å². The van der Waals surface area contributed by atoms with Crippen LogP contribution in [0.1, 0.15) is 26.7 Å². The Hall–Kier alpha value is -1.56. The summed E-state index contributed by atoms with van der Waals surface area (Å²) in [6, 6.07) is 5.08. The van der Waals surface area contributed by atoms with Crippen molar-refractivity contribution in [3.63, 3.8) is 0 Å². The molecule has 1 rings (SSSR count). The first kappa shape index (κ1) is 17.5. The largest absolute Gasteiger partial charge is 0.497 e. The summed E-state index contributed by atoms with van der Waals surface area (Å²) >= 11 is 0. The molecule has 0 fully saturated rings. The number of rotatable bonds is 8. The van der Waals surface area contributed by atoms with Crippen molar-refractivity contribution in [1.82, 2.24) is 0 Å². The molecule has 2 unspecified atom stereocenters. The predicted molar refractivity (Wildman–Crippen MR) is 88.0 cm³/mol. The van der Waals surface area contributed by atoms with Crippen molar-refractivity contribution in [3.05, 3.63) is 18.2 Å². The van der Waals surface area contributed by atoms with Crippen LogP contribution in [-0.2, 0) is 15.6 Å². The number of nitrogens with one attached hydrogen (secondary N) is 1. The number of nitrogens with two attached hydrogens (primary N) is 1. The highest BCUT2D eigenvalue weighted by Crippen LogP contribution is 2.24. The Kier molecular flexibility index (Phi) is 7.22. The standard InChI is InChI=1S/C15H24N2O3S/c1-4-11(2)10-21(19)8-7-15(18)17-14-6-5-12(20-3)9-13(14)16/h5-6,9,11H,4,7-8,10,16H2,1-3H3,(H,17,18). The van der Waals surface area contributed by atoms with Crippen molar-refractivity contribution in [2.45, 2.75) is 26.7 Å². The van der Waals surface area contributed by atoms with Crippen molar-refractivity contribution < 1.29 is 13.7 Å². The van der Waals surface area contributed by atoms with Crippen LogP contribution in [0.4, 0.5) is 11.4 Å². The summed E-state index contributed by atoms with van der Waals surface area (Å²) < 4.78 is 16.9. The molecule has 6 heteroatoms. The van der Waals surface area contributed by atoms with Crippen LogP contribution >= 0.6 is 0 Å². The van der Waals surface area contributed by atoms with Crippen molar-refractivity contribution in [2.24, 2.45) is 5.92 Å². The molecule has 0 saturated heterocycles. The summed E-state index contributed by atoms with van der Waals surface area (Å²) in [5, 5.41) is 2.73. The molecule has 0 radical (unpaired) electrons. The maximum atomic E-state index is 11.8. The van der Waals surface area contributed by atoms with Crippen LogP contribution < -0.4 is 15.8 Å². The summed E-state index contributed by atoms with van der Waals surface area (Å²) in [5.41, 5.74) is 6.83. The number of anilines is 2. The first-order valence-corrected chi connectivity index (χ1v) is 8.53. The molecule has 0 heterocycles. The Labute approximate surface area is 128 Å². The molecule has 0 spiro atoms. The minimum Gasteiger partial charge on any atom is -0.497 e. The maximum absolute atomic E-state index is 11.8. The van der Waals surface area contributed by atoms with Gasteiger partial charge in [-0.3, -0.25) is 9.00 Å². The highest BCUT2D eigenvalue weighted by atomic mass is 32.2. The van der Waals surface area contributed by atoms with Gasteiger partial charge in [0.05, 0.1) is 18.5 Å². The van der Waals surface area contributed by atoms with E-state index >= 15 is 0 Å². The quantitative estimate of drug-likeness (QED) is 0.722. The molecule has 21 heavy (non-hydrogen) atoms. The zero-order chi connectivity index (χ0) is 15.8. The Morgan fingerprint density at radius 3 is 2.76 bits per heavy atom. The minimum atomic E-state index is -0.951. The van der Waals surface area contributed by atoms with Crippen LogP contribution in [0.5, 0.6) is 5.75 Å². The van der Waals surface area contributed by atoms with Gasteiger partial charge in [0.2, 0.25) is 5.91 Å². The van der Waals surface area contributed by atoms with Crippen molar-refractivity contribution in [3.8, 4) is 5.75 Å². The molecule has 0 saturated carbocycles. The number of carbonyl (C=O) groups is 1. The lowest BCUT2D eigenvalue weighted by Crippen LogP contribution is -2.18. The van der Waals surface area contributed by atoms with Crippen molar-refractivity contribution >= 4 is 28.1 Å². The van der Waals surface area contributed by atoms with E-state index in [0.717, 1.165) is 6.42 Å². The molecule has 2 atom stereocenters. The zero-order valence-corrected chi connectivity index (χ0v) is 13.7. The zero-order valence-electron chi connectivity index (χ0n) is 12.8. The summed E-state index contributed by atoms with van der Waals surface area (Å²) in [5.74, 6) is 1.91. The van der Waals surface area contributed by atoms with Gasteiger partial charge in [0.1, 0.15) is 5.75 Å². The second kappa shape index (κ2) is 8.67. The van der Waals surface area contributed by atoms with E-state index < -0.39 is 10.8 Å². The number of methoxy groups -OCH3 is 1. The van der Waals surface area contributed by atoms with Gasteiger partial charge in [0, 0.05) is 34.8 Å². The van der Waals surface area contributed by atoms with Crippen LogP contribution in [-0.4, -0.2) is 28.7 Å². The lowest BCUT2D eigenvalue weighted by molar-refractivity contribution is -0.115. The number of nitrogen functional groups attached to an aromatic ring is 1. The first-order valence-electron chi connectivity index (χ1n) is 7.04. The van der Waals surface area contributed by atoms with E-state index in [1.165, 1.54) is 0 Å². The van der Waals surface area contributed by atoms with E-state index in [9.17, 15) is 9.00 Å². The van der Waals surface area contributed by atoms with Gasteiger partial charge in [0.25, 0.3) is 0 Å². The molecule has 0 aliphatic heterocycles. The molecule has 0 aliphatic carbocycles. The fourth-order valence-electron chi connectivity index (χ4n) is 1.72. The van der Waals surface area contributed by atoms with E-state index in [1.54, 1.807) is 25.3 Å². The molecule has 118 valence electrons. The second-order valence-corrected chi connectivity index (χ2v) is 6.70. The summed E-state index contributed by atoms with van der Waals surface area (Å²) in [7, 11) is 0.604. The molecule has 0 bridgehead atoms. The first-order chi connectivity index (χ1) is 9.96. The molecule has 1 aromatic rings. The van der Waals surface area contributed by atoms with Crippen LogP contribution in [0.25, 0.3) is 0 Å². The highest BCUT2D eigenvalue weighted by molar-refractivity contribution is 7.85. The lowest BCUT2D eigenvalue weighted by atomic mass is 10.2. The van der Waals surface area contributed by atoms with Crippen molar-refractivity contribution in [2.75, 3.05) is 29.7 Å². The number of carbonyl (C=O) groups excluding carboxylic acids is 1. The Morgan fingerprint density at radius 1 is 1.48 bits per heavy atom. The van der Waals surface area contributed by atoms with Gasteiger partial charge in [-0.2, -0.15) is 0 Å². The second-order valence-electron chi connectivity index (χ2n) is 5.08. The normalized spacial score (nSPS) is 13.5. The molecule has 0 aliphatic rings. The molecule has 0 aromatic heterocycles. The van der Waals surface area contributed by atoms with Gasteiger partial charge in [-0.15, -0.1) is 0 Å². The third-order valence-electron chi connectivity index (χ3n) is 3.26. The third-order valence-corrected chi connectivity index (χ3v) is 4.86. The minimum absolute atomic E-state index is 0.177. The molecular formula is C15H24N2O3S. The van der Waals surface area contributed by atoms with E-state index in [4.69, 9.17) is 10.5 Å². The Morgan fingerprint density at radius 2 is 2.19 bits per heavy atom. The molecule has 1 aromatic carbocycles. The van der Waals surface area contributed by atoms with Crippen molar-refractivity contribution in [1.29, 1.82) is 0 Å². The van der Waals surface area contributed by atoms with Gasteiger partial charge in [-0.1, -0.05) is 20.3 Å². The molecule has 1 amide bonds. The van der Waals surface area contributed by atoms with Gasteiger partial charge < -0.3 is 15.8 Å². The molecule has 5 nitrogen and oxygen atoms in total. The molecular weight excluding hydrogens is 288 g/mol. The van der Waals surface area contributed by atoms with E-state index in [2.05, 4.69) is 19.2 Å². The average Bonchev–Trinajstić information content (AvgIpc) is 2.47. The fourth-order valence-corrected chi connectivity index (χ4v) is 3.17. The average molecular weight is 312 g/mol. The van der Waals surface area contributed by atoms with Crippen LogP contribution in [0.2, 0.25) is 0 Å². The number of hydrogen-bond donors (Lipinski definition) is 2. The van der Waals surface area contributed by atoms with Gasteiger partial charge in [0.15, 0.2) is 0 Å². The third kappa shape index (κ3) is 6.16. The number of hydrogen-bond acceptors (Lipinski definition) is 4. The lowest BCUT2D eigenvalue weighted by Gasteiger charge is -2.10. The van der Waals surface area contributed by atoms with E-state index in [-0.39, 0.29) is 12.3 Å². The van der Waals surface area contributed by atoms with Gasteiger partial charge >= 0.3 is 0 Å². The summed E-state index contributed by atoms with van der Waals surface area (Å²) in [4.78, 5) is 11.8.